The van der Waals surface area contributed by atoms with Crippen LogP contribution in [0, 0.1) is 0 Å². The highest BCUT2D eigenvalue weighted by Gasteiger charge is 2.21. The molecular formula is C30H34N2O3S. The zero-order valence-corrected chi connectivity index (χ0v) is 21.6. The quantitative estimate of drug-likeness (QED) is 0.247. The number of esters is 1. The van der Waals surface area contributed by atoms with Crippen LogP contribution in [-0.4, -0.2) is 24.6 Å². The summed E-state index contributed by atoms with van der Waals surface area (Å²) in [5.41, 5.74) is 2.18. The van der Waals surface area contributed by atoms with Crippen molar-refractivity contribution >= 4 is 29.4 Å². The molecule has 5 nitrogen and oxygen atoms in total. The van der Waals surface area contributed by atoms with Crippen LogP contribution in [0.1, 0.15) is 51.0 Å². The lowest BCUT2D eigenvalue weighted by molar-refractivity contribution is -0.131. The standard InChI is InChI=1S/C30H34N2O3S/c1-23(33)35-27-15-8-16-29(22-27)36-28-19-17-26(18-20-28)32(21-9-12-24-10-4-2-5-11-24)30(34)31-25-13-6-3-7-14-25/h2,4-5,8,10-11,15-20,22,25H,3,6-7,9,12-14,21H2,1H3,(H,31,34). The maximum absolute atomic E-state index is 13.3. The van der Waals surface area contributed by atoms with Crippen molar-refractivity contribution in [3.63, 3.8) is 0 Å². The summed E-state index contributed by atoms with van der Waals surface area (Å²) >= 11 is 1.59. The van der Waals surface area contributed by atoms with Crippen molar-refractivity contribution in [3.05, 3.63) is 84.4 Å². The van der Waals surface area contributed by atoms with Gasteiger partial charge in [-0.05, 0) is 73.7 Å². The van der Waals surface area contributed by atoms with E-state index in [0.717, 1.165) is 41.2 Å². The third kappa shape index (κ3) is 7.89. The van der Waals surface area contributed by atoms with Crippen LogP contribution in [0.4, 0.5) is 10.5 Å². The summed E-state index contributed by atoms with van der Waals surface area (Å²) in [5.74, 6) is 0.202. The molecule has 0 saturated heterocycles. The minimum Gasteiger partial charge on any atom is -0.427 e. The average Bonchev–Trinajstić information content (AvgIpc) is 2.88. The van der Waals surface area contributed by atoms with Gasteiger partial charge in [-0.1, -0.05) is 67.4 Å². The molecule has 1 fully saturated rings. The Labute approximate surface area is 218 Å². The number of benzene rings is 3. The molecule has 1 N–H and O–H groups in total. The molecule has 0 aliphatic heterocycles. The molecule has 1 saturated carbocycles. The zero-order valence-electron chi connectivity index (χ0n) is 20.8. The highest BCUT2D eigenvalue weighted by atomic mass is 32.2. The van der Waals surface area contributed by atoms with Gasteiger partial charge < -0.3 is 10.1 Å². The van der Waals surface area contributed by atoms with E-state index in [1.807, 2.05) is 53.4 Å². The van der Waals surface area contributed by atoms with E-state index in [2.05, 4.69) is 29.6 Å². The second-order valence-corrected chi connectivity index (χ2v) is 10.3. The summed E-state index contributed by atoms with van der Waals surface area (Å²) < 4.78 is 5.20. The first-order chi connectivity index (χ1) is 17.6. The predicted octanol–water partition coefficient (Wildman–Crippen LogP) is 7.24. The van der Waals surface area contributed by atoms with Gasteiger partial charge in [0.25, 0.3) is 0 Å². The highest BCUT2D eigenvalue weighted by molar-refractivity contribution is 7.99. The summed E-state index contributed by atoms with van der Waals surface area (Å²) in [7, 11) is 0. The van der Waals surface area contributed by atoms with Gasteiger partial charge in [-0.3, -0.25) is 9.69 Å². The predicted molar refractivity (Wildman–Crippen MR) is 146 cm³/mol. The summed E-state index contributed by atoms with van der Waals surface area (Å²) in [6, 6.07) is 26.3. The molecule has 2 amide bonds. The first-order valence-corrected chi connectivity index (χ1v) is 13.6. The number of ether oxygens (including phenoxy) is 1. The number of urea groups is 1. The molecule has 6 heteroatoms. The van der Waals surface area contributed by atoms with Gasteiger partial charge in [0, 0.05) is 35.0 Å². The molecule has 0 bridgehead atoms. The fraction of sp³-hybridized carbons (Fsp3) is 0.333. The molecule has 0 heterocycles. The molecule has 0 aromatic heterocycles. The van der Waals surface area contributed by atoms with Gasteiger partial charge >= 0.3 is 12.0 Å². The molecule has 188 valence electrons. The molecule has 0 atom stereocenters. The Morgan fingerprint density at radius 2 is 1.67 bits per heavy atom. The third-order valence-corrected chi connectivity index (χ3v) is 7.32. The second-order valence-electron chi connectivity index (χ2n) is 9.19. The number of rotatable bonds is 9. The molecule has 1 aliphatic rings. The van der Waals surface area contributed by atoms with E-state index in [1.165, 1.54) is 31.7 Å². The monoisotopic (exact) mass is 502 g/mol. The van der Waals surface area contributed by atoms with Crippen LogP contribution in [-0.2, 0) is 11.2 Å². The van der Waals surface area contributed by atoms with Gasteiger partial charge in [-0.2, -0.15) is 0 Å². The number of nitrogens with zero attached hydrogens (tertiary/aromatic N) is 1. The van der Waals surface area contributed by atoms with Gasteiger partial charge in [0.15, 0.2) is 0 Å². The lowest BCUT2D eigenvalue weighted by Crippen LogP contribution is -2.46. The van der Waals surface area contributed by atoms with Crippen LogP contribution in [0.25, 0.3) is 0 Å². The fourth-order valence-corrected chi connectivity index (χ4v) is 5.40. The van der Waals surface area contributed by atoms with E-state index in [4.69, 9.17) is 4.74 Å². The van der Waals surface area contributed by atoms with Crippen molar-refractivity contribution in [1.82, 2.24) is 5.32 Å². The first kappa shape index (κ1) is 25.8. The summed E-state index contributed by atoms with van der Waals surface area (Å²) in [6.07, 6.45) is 7.57. The molecular weight excluding hydrogens is 468 g/mol. The topological polar surface area (TPSA) is 58.6 Å². The highest BCUT2D eigenvalue weighted by Crippen LogP contribution is 2.31. The van der Waals surface area contributed by atoms with E-state index in [1.54, 1.807) is 17.8 Å². The Morgan fingerprint density at radius 3 is 2.39 bits per heavy atom. The number of carbonyl (C=O) groups is 2. The van der Waals surface area contributed by atoms with E-state index in [-0.39, 0.29) is 18.0 Å². The van der Waals surface area contributed by atoms with E-state index < -0.39 is 0 Å². The normalized spacial score (nSPS) is 13.7. The number of hydrogen-bond donors (Lipinski definition) is 1. The number of amides is 2. The average molecular weight is 503 g/mol. The Hall–Kier alpha value is -3.25. The molecule has 3 aromatic carbocycles. The maximum Gasteiger partial charge on any atom is 0.322 e. The van der Waals surface area contributed by atoms with Gasteiger partial charge in [-0.15, -0.1) is 0 Å². The van der Waals surface area contributed by atoms with Crippen molar-refractivity contribution in [2.24, 2.45) is 0 Å². The zero-order chi connectivity index (χ0) is 25.2. The molecule has 36 heavy (non-hydrogen) atoms. The maximum atomic E-state index is 13.3. The van der Waals surface area contributed by atoms with E-state index in [0.29, 0.717) is 12.3 Å². The summed E-state index contributed by atoms with van der Waals surface area (Å²) in [4.78, 5) is 28.5. The smallest absolute Gasteiger partial charge is 0.322 e. The van der Waals surface area contributed by atoms with Crippen LogP contribution >= 0.6 is 11.8 Å². The summed E-state index contributed by atoms with van der Waals surface area (Å²) in [5, 5.41) is 3.28. The van der Waals surface area contributed by atoms with Crippen LogP contribution in [0.2, 0.25) is 0 Å². The van der Waals surface area contributed by atoms with E-state index in [9.17, 15) is 9.59 Å². The second kappa shape index (κ2) is 13.2. The van der Waals surface area contributed by atoms with Crippen LogP contribution in [0.3, 0.4) is 0 Å². The Balaban J connectivity index is 1.43. The Kier molecular flexibility index (Phi) is 9.45. The van der Waals surface area contributed by atoms with Gasteiger partial charge in [-0.25, -0.2) is 4.79 Å². The number of carbonyl (C=O) groups excluding carboxylic acids is 2. The van der Waals surface area contributed by atoms with Gasteiger partial charge in [0.05, 0.1) is 0 Å². The number of anilines is 1. The molecule has 4 rings (SSSR count). The van der Waals surface area contributed by atoms with E-state index >= 15 is 0 Å². The van der Waals surface area contributed by atoms with Crippen molar-refractivity contribution in [3.8, 4) is 5.75 Å². The molecule has 3 aromatic rings. The minimum atomic E-state index is -0.333. The first-order valence-electron chi connectivity index (χ1n) is 12.8. The van der Waals surface area contributed by atoms with Crippen molar-refractivity contribution in [2.75, 3.05) is 11.4 Å². The number of hydrogen-bond acceptors (Lipinski definition) is 4. The lowest BCUT2D eigenvalue weighted by Gasteiger charge is -2.28. The summed E-state index contributed by atoms with van der Waals surface area (Å²) in [6.45, 7) is 2.05. The van der Waals surface area contributed by atoms with Crippen LogP contribution < -0.4 is 15.0 Å². The molecule has 1 aliphatic carbocycles. The van der Waals surface area contributed by atoms with Crippen LogP contribution in [0.15, 0.2) is 88.7 Å². The van der Waals surface area contributed by atoms with Crippen molar-refractivity contribution in [2.45, 2.75) is 67.7 Å². The third-order valence-electron chi connectivity index (χ3n) is 6.32. The largest absolute Gasteiger partial charge is 0.427 e. The van der Waals surface area contributed by atoms with Crippen molar-refractivity contribution in [1.29, 1.82) is 0 Å². The number of nitrogens with one attached hydrogen (secondary N) is 1. The molecule has 0 spiro atoms. The Bertz CT molecular complexity index is 1130. The van der Waals surface area contributed by atoms with Crippen molar-refractivity contribution < 1.29 is 14.3 Å². The van der Waals surface area contributed by atoms with Gasteiger partial charge in [0.2, 0.25) is 0 Å². The lowest BCUT2D eigenvalue weighted by atomic mass is 9.96. The van der Waals surface area contributed by atoms with Gasteiger partial charge in [0.1, 0.15) is 5.75 Å². The fourth-order valence-electron chi connectivity index (χ4n) is 4.53. The SMILES string of the molecule is CC(=O)Oc1cccc(Sc2ccc(N(CCCc3ccccc3)C(=O)NC3CCCCC3)cc2)c1. The molecule has 0 unspecified atom stereocenters. The molecule has 0 radical (unpaired) electrons. The Morgan fingerprint density at radius 1 is 0.917 bits per heavy atom. The number of aryl methyl sites for hydroxylation is 1. The minimum absolute atomic E-state index is 0.00977. The van der Waals surface area contributed by atoms with Crippen LogP contribution in [0.5, 0.6) is 5.75 Å².